The van der Waals surface area contributed by atoms with Crippen LogP contribution in [0.15, 0.2) is 18.3 Å². The smallest absolute Gasteiger partial charge is 0.116 e. The van der Waals surface area contributed by atoms with Crippen LogP contribution < -0.4 is 5.32 Å². The Bertz CT molecular complexity index is 711. The van der Waals surface area contributed by atoms with Gasteiger partial charge in [0.25, 0.3) is 0 Å². The van der Waals surface area contributed by atoms with Gasteiger partial charge in [-0.1, -0.05) is 12.6 Å². The zero-order chi connectivity index (χ0) is 18.1. The minimum Gasteiger partial charge on any atom is -0.358 e. The molecular weight excluding hydrogens is 318 g/mol. The molecule has 0 aromatic heterocycles. The second-order valence-corrected chi connectivity index (χ2v) is 8.37. The van der Waals surface area contributed by atoms with E-state index in [4.69, 9.17) is 0 Å². The lowest BCUT2D eigenvalue weighted by atomic mass is 9.90. The Morgan fingerprint density at radius 1 is 1.23 bits per heavy atom. The highest BCUT2D eigenvalue weighted by atomic mass is 15.2. The Morgan fingerprint density at radius 2 is 1.92 bits per heavy atom. The zero-order valence-corrected chi connectivity index (χ0v) is 16.1. The fourth-order valence-electron chi connectivity index (χ4n) is 5.23. The van der Waals surface area contributed by atoms with Crippen molar-refractivity contribution in [3.63, 3.8) is 0 Å². The maximum atomic E-state index is 9.28. The molecule has 2 unspecified atom stereocenters. The number of nitrogens with one attached hydrogen (secondary N) is 1. The molecule has 0 spiro atoms. The highest BCUT2D eigenvalue weighted by Gasteiger charge is 2.26. The molecule has 2 atom stereocenters. The number of rotatable bonds is 6. The second-order valence-electron chi connectivity index (χ2n) is 8.37. The van der Waals surface area contributed by atoms with Gasteiger partial charge in [-0.15, -0.1) is 0 Å². The molecule has 1 saturated heterocycles. The summed E-state index contributed by atoms with van der Waals surface area (Å²) in [4.78, 5) is 2.19. The fraction of sp³-hybridized carbons (Fsp3) is 0.609. The van der Waals surface area contributed by atoms with E-state index in [0.29, 0.717) is 6.04 Å². The van der Waals surface area contributed by atoms with Crippen molar-refractivity contribution >= 4 is 0 Å². The van der Waals surface area contributed by atoms with Crippen molar-refractivity contribution in [1.29, 1.82) is 5.26 Å². The monoisotopic (exact) mass is 349 g/mol. The molecule has 3 heteroatoms. The van der Waals surface area contributed by atoms with Crippen LogP contribution in [0.3, 0.4) is 0 Å². The van der Waals surface area contributed by atoms with Gasteiger partial charge in [-0.25, -0.2) is 0 Å². The summed E-state index contributed by atoms with van der Waals surface area (Å²) < 4.78 is 0. The lowest BCUT2D eigenvalue weighted by Crippen LogP contribution is -2.36. The summed E-state index contributed by atoms with van der Waals surface area (Å²) >= 11 is 0. The summed E-state index contributed by atoms with van der Waals surface area (Å²) in [6.07, 6.45) is 11.0. The lowest BCUT2D eigenvalue weighted by Gasteiger charge is -2.26. The molecule has 26 heavy (non-hydrogen) atoms. The van der Waals surface area contributed by atoms with Crippen molar-refractivity contribution in [2.24, 2.45) is 0 Å². The molecule has 3 nitrogen and oxygen atoms in total. The first kappa shape index (κ1) is 17.6. The van der Waals surface area contributed by atoms with Crippen molar-refractivity contribution in [3.05, 3.63) is 46.2 Å². The average Bonchev–Trinajstić information content (AvgIpc) is 3.38. The quantitative estimate of drug-likeness (QED) is 0.851. The Kier molecular flexibility index (Phi) is 5.05. The number of hydrogen-bond donors (Lipinski definition) is 1. The molecule has 1 aliphatic heterocycles. The van der Waals surface area contributed by atoms with Gasteiger partial charge in [-0.05, 0) is 92.5 Å². The molecular formula is C23H31N3. The molecule has 0 bridgehead atoms. The van der Waals surface area contributed by atoms with Crippen LogP contribution in [0.4, 0.5) is 0 Å². The fourth-order valence-corrected chi connectivity index (χ4v) is 5.23. The highest BCUT2D eigenvalue weighted by molar-refractivity contribution is 5.50. The molecule has 1 aromatic rings. The third kappa shape index (κ3) is 3.28. The normalized spacial score (nSPS) is 22.2. The average molecular weight is 350 g/mol. The number of hydrogen-bond acceptors (Lipinski definition) is 3. The van der Waals surface area contributed by atoms with E-state index in [0.717, 1.165) is 38.0 Å². The summed E-state index contributed by atoms with van der Waals surface area (Å²) in [6, 6.07) is 5.40. The highest BCUT2D eigenvalue weighted by Crippen LogP contribution is 2.35. The van der Waals surface area contributed by atoms with Gasteiger partial charge in [0.2, 0.25) is 0 Å². The topological polar surface area (TPSA) is 39.1 Å². The van der Waals surface area contributed by atoms with Gasteiger partial charge in [0, 0.05) is 24.8 Å². The molecule has 2 aliphatic carbocycles. The molecule has 1 N–H and O–H groups in total. The van der Waals surface area contributed by atoms with E-state index < -0.39 is 0 Å². The Hall–Kier alpha value is -1.79. The molecule has 0 saturated carbocycles. The summed E-state index contributed by atoms with van der Waals surface area (Å²) in [5.41, 5.74) is 9.33. The van der Waals surface area contributed by atoms with Crippen molar-refractivity contribution in [3.8, 4) is 6.07 Å². The molecule has 1 heterocycles. The van der Waals surface area contributed by atoms with Gasteiger partial charge in [0.15, 0.2) is 0 Å². The van der Waals surface area contributed by atoms with Crippen LogP contribution in [0.1, 0.15) is 60.4 Å². The van der Waals surface area contributed by atoms with Crippen LogP contribution in [0.25, 0.3) is 0 Å². The van der Waals surface area contributed by atoms with Crippen LogP contribution in [-0.2, 0) is 32.1 Å². The predicted molar refractivity (Wildman–Crippen MR) is 106 cm³/mol. The van der Waals surface area contributed by atoms with Crippen LogP contribution in [0.5, 0.6) is 0 Å². The first-order valence-corrected chi connectivity index (χ1v) is 10.4. The van der Waals surface area contributed by atoms with Crippen molar-refractivity contribution < 1.29 is 0 Å². The standard InChI is InChI=1S/C23H31N3/c1-16(25-15-17(2)26-11-5-8-20(26)14-24)12-23-21-9-3-6-18(21)13-19-7-4-10-22(19)23/h13,16,20,25H,2-12,15H2,1H3. The SMILES string of the molecule is C=C(CNC(C)Cc1c2c(cc3c1CCC3)CCC2)N1CCCC1C#N. The van der Waals surface area contributed by atoms with E-state index in [2.05, 4.69) is 35.9 Å². The first-order chi connectivity index (χ1) is 12.7. The summed E-state index contributed by atoms with van der Waals surface area (Å²) in [7, 11) is 0. The van der Waals surface area contributed by atoms with E-state index in [9.17, 15) is 5.26 Å². The number of benzene rings is 1. The van der Waals surface area contributed by atoms with E-state index in [-0.39, 0.29) is 6.04 Å². The van der Waals surface area contributed by atoms with Gasteiger partial charge < -0.3 is 10.2 Å². The minimum atomic E-state index is 0.0280. The molecule has 1 aromatic carbocycles. The Morgan fingerprint density at radius 3 is 2.58 bits per heavy atom. The molecule has 4 rings (SSSR count). The Balaban J connectivity index is 1.41. The predicted octanol–water partition coefficient (Wildman–Crippen LogP) is 3.69. The van der Waals surface area contributed by atoms with Crippen molar-refractivity contribution in [2.45, 2.75) is 76.8 Å². The zero-order valence-electron chi connectivity index (χ0n) is 16.1. The number of nitrogens with zero attached hydrogens (tertiary/aromatic N) is 2. The molecule has 0 radical (unpaired) electrons. The molecule has 138 valence electrons. The van der Waals surface area contributed by atoms with Gasteiger partial charge >= 0.3 is 0 Å². The molecule has 3 aliphatic rings. The van der Waals surface area contributed by atoms with Crippen LogP contribution in [0.2, 0.25) is 0 Å². The van der Waals surface area contributed by atoms with Gasteiger partial charge in [-0.2, -0.15) is 5.26 Å². The summed E-state index contributed by atoms with van der Waals surface area (Å²) in [5, 5.41) is 13.0. The first-order valence-electron chi connectivity index (χ1n) is 10.4. The van der Waals surface area contributed by atoms with E-state index in [1.807, 2.05) is 0 Å². The summed E-state index contributed by atoms with van der Waals surface area (Å²) in [5.74, 6) is 0. The largest absolute Gasteiger partial charge is 0.358 e. The van der Waals surface area contributed by atoms with E-state index in [1.165, 1.54) is 38.5 Å². The van der Waals surface area contributed by atoms with Gasteiger partial charge in [0.05, 0.1) is 6.07 Å². The van der Waals surface area contributed by atoms with Crippen LogP contribution >= 0.6 is 0 Å². The van der Waals surface area contributed by atoms with Crippen molar-refractivity contribution in [2.75, 3.05) is 13.1 Å². The van der Waals surface area contributed by atoms with Gasteiger partial charge in [0.1, 0.15) is 6.04 Å². The van der Waals surface area contributed by atoms with Gasteiger partial charge in [-0.3, -0.25) is 0 Å². The lowest BCUT2D eigenvalue weighted by molar-refractivity contribution is 0.355. The maximum absolute atomic E-state index is 9.28. The number of aryl methyl sites for hydroxylation is 2. The number of fused-ring (bicyclic) bond motifs is 2. The Labute approximate surface area is 158 Å². The molecule has 0 amide bonds. The van der Waals surface area contributed by atoms with Crippen LogP contribution in [-0.4, -0.2) is 30.1 Å². The number of likely N-dealkylation sites (tertiary alicyclic amines) is 1. The third-order valence-electron chi connectivity index (χ3n) is 6.57. The number of nitriles is 1. The maximum Gasteiger partial charge on any atom is 0.116 e. The van der Waals surface area contributed by atoms with E-state index in [1.54, 1.807) is 27.8 Å². The third-order valence-corrected chi connectivity index (χ3v) is 6.57. The van der Waals surface area contributed by atoms with E-state index >= 15 is 0 Å². The van der Waals surface area contributed by atoms with Crippen molar-refractivity contribution in [1.82, 2.24) is 10.2 Å². The molecule has 1 fully saturated rings. The summed E-state index contributed by atoms with van der Waals surface area (Å²) in [6.45, 7) is 8.31. The minimum absolute atomic E-state index is 0.0280. The van der Waals surface area contributed by atoms with Crippen LogP contribution in [0, 0.1) is 11.3 Å². The second kappa shape index (κ2) is 7.45.